The fourth-order valence-corrected chi connectivity index (χ4v) is 1.52. The van der Waals surface area contributed by atoms with Gasteiger partial charge in [-0.1, -0.05) is 0 Å². The highest BCUT2D eigenvalue weighted by Crippen LogP contribution is 2.27. The molecule has 0 saturated heterocycles. The van der Waals surface area contributed by atoms with Crippen molar-refractivity contribution in [3.63, 3.8) is 0 Å². The fourth-order valence-electron chi connectivity index (χ4n) is 1.52. The summed E-state index contributed by atoms with van der Waals surface area (Å²) in [6, 6.07) is -0.578. The minimum atomic E-state index is -1.85. The van der Waals surface area contributed by atoms with Crippen molar-refractivity contribution in [3.05, 3.63) is 0 Å². The van der Waals surface area contributed by atoms with E-state index < -0.39 is 30.5 Å². The van der Waals surface area contributed by atoms with Gasteiger partial charge in [-0.15, -0.1) is 12.4 Å². The molecule has 0 aromatic heterocycles. The second-order valence-electron chi connectivity index (χ2n) is 3.35. The van der Waals surface area contributed by atoms with Crippen LogP contribution in [0.25, 0.3) is 0 Å². The van der Waals surface area contributed by atoms with Gasteiger partial charge in [-0.2, -0.15) is 0 Å². The van der Waals surface area contributed by atoms with Gasteiger partial charge >= 0.3 is 0 Å². The predicted molar refractivity (Wildman–Crippen MR) is 48.5 cm³/mol. The van der Waals surface area contributed by atoms with E-state index in [1.54, 1.807) is 0 Å². The van der Waals surface area contributed by atoms with E-state index >= 15 is 0 Å². The van der Waals surface area contributed by atoms with Gasteiger partial charge in [0.05, 0.1) is 12.7 Å². The Morgan fingerprint density at radius 3 is 2.23 bits per heavy atom. The van der Waals surface area contributed by atoms with Gasteiger partial charge in [0.25, 0.3) is 0 Å². The summed E-state index contributed by atoms with van der Waals surface area (Å²) in [6.07, 6.45) is -1.61. The first kappa shape index (κ1) is 13.1. The van der Waals surface area contributed by atoms with Gasteiger partial charge in [0.2, 0.25) is 0 Å². The minimum Gasteiger partial charge on any atom is -0.393 e. The van der Waals surface area contributed by atoms with Crippen molar-refractivity contribution in [2.45, 2.75) is 36.7 Å². The molecule has 1 rings (SSSR count). The maximum atomic E-state index is 9.56. The summed E-state index contributed by atoms with van der Waals surface area (Å²) in [7, 11) is 0. The molecular formula is C7H16ClNO4. The molecule has 0 spiro atoms. The molecular weight excluding hydrogens is 198 g/mol. The molecule has 1 aliphatic carbocycles. The molecule has 13 heavy (non-hydrogen) atoms. The summed E-state index contributed by atoms with van der Waals surface area (Å²) in [5, 5.41) is 37.0. The molecule has 1 fully saturated rings. The zero-order valence-electron chi connectivity index (χ0n) is 7.13. The van der Waals surface area contributed by atoms with Crippen molar-refractivity contribution in [3.8, 4) is 0 Å². The third kappa shape index (κ3) is 2.12. The smallest absolute Gasteiger partial charge is 0.141 e. The summed E-state index contributed by atoms with van der Waals surface area (Å²) >= 11 is 0. The van der Waals surface area contributed by atoms with E-state index in [1.165, 1.54) is 0 Å². The highest BCUT2D eigenvalue weighted by molar-refractivity contribution is 5.85. The van der Waals surface area contributed by atoms with E-state index in [0.717, 1.165) is 0 Å². The van der Waals surface area contributed by atoms with Gasteiger partial charge in [0.1, 0.15) is 11.7 Å². The lowest BCUT2D eigenvalue weighted by atomic mass is 9.78. The molecule has 0 radical (unpaired) electrons. The van der Waals surface area contributed by atoms with Gasteiger partial charge < -0.3 is 26.2 Å². The molecule has 0 heterocycles. The second kappa shape index (κ2) is 4.54. The van der Waals surface area contributed by atoms with Crippen molar-refractivity contribution in [1.29, 1.82) is 0 Å². The highest BCUT2D eigenvalue weighted by Gasteiger charge is 2.48. The molecule has 6 N–H and O–H groups in total. The summed E-state index contributed by atoms with van der Waals surface area (Å²) in [5.74, 6) is 0. The summed E-state index contributed by atoms with van der Waals surface area (Å²) in [4.78, 5) is 0. The van der Waals surface area contributed by atoms with Crippen LogP contribution in [0.15, 0.2) is 0 Å². The lowest BCUT2D eigenvalue weighted by Gasteiger charge is -2.42. The first-order valence-corrected chi connectivity index (χ1v) is 3.97. The first-order valence-electron chi connectivity index (χ1n) is 3.97. The average Bonchev–Trinajstić information content (AvgIpc) is 2.08. The van der Waals surface area contributed by atoms with Crippen molar-refractivity contribution in [2.75, 3.05) is 6.61 Å². The normalized spacial score (nSPS) is 45.5. The molecule has 1 aliphatic rings. The molecule has 0 bridgehead atoms. The lowest BCUT2D eigenvalue weighted by molar-refractivity contribution is -0.191. The number of aliphatic hydroxyl groups is 4. The van der Waals surface area contributed by atoms with Crippen molar-refractivity contribution in [1.82, 2.24) is 0 Å². The Balaban J connectivity index is 0.00000144. The third-order valence-corrected chi connectivity index (χ3v) is 2.52. The van der Waals surface area contributed by atoms with Gasteiger partial charge in [-0.05, 0) is 12.8 Å². The molecule has 4 atom stereocenters. The molecule has 6 heteroatoms. The van der Waals surface area contributed by atoms with Crippen LogP contribution in [-0.2, 0) is 0 Å². The highest BCUT2D eigenvalue weighted by atomic mass is 35.5. The maximum Gasteiger partial charge on any atom is 0.141 e. The Morgan fingerprint density at radius 1 is 1.31 bits per heavy atom. The predicted octanol–water partition coefficient (Wildman–Crippen LogP) is -2.03. The molecule has 0 unspecified atom stereocenters. The van der Waals surface area contributed by atoms with Crippen molar-refractivity contribution >= 4 is 12.4 Å². The SMILES string of the molecule is Cl.N[C@H]1CC[C@@H](O)[C@@](O)(CO)[C@@H]1O. The molecule has 5 nitrogen and oxygen atoms in total. The van der Waals surface area contributed by atoms with Crippen molar-refractivity contribution < 1.29 is 20.4 Å². The minimum absolute atomic E-state index is 0. The molecule has 0 aromatic rings. The van der Waals surface area contributed by atoms with Crippen LogP contribution in [0.1, 0.15) is 12.8 Å². The van der Waals surface area contributed by atoms with Crippen LogP contribution in [0.4, 0.5) is 0 Å². The Hall–Kier alpha value is 0.0900. The van der Waals surface area contributed by atoms with E-state index in [9.17, 15) is 15.3 Å². The molecule has 0 amide bonds. The topological polar surface area (TPSA) is 107 Å². The van der Waals surface area contributed by atoms with Crippen LogP contribution in [0, 0.1) is 0 Å². The van der Waals surface area contributed by atoms with Crippen molar-refractivity contribution in [2.24, 2.45) is 5.73 Å². The number of hydrogen-bond donors (Lipinski definition) is 5. The molecule has 1 saturated carbocycles. The zero-order valence-corrected chi connectivity index (χ0v) is 7.94. The quantitative estimate of drug-likeness (QED) is 0.346. The monoisotopic (exact) mass is 213 g/mol. The number of rotatable bonds is 1. The van der Waals surface area contributed by atoms with Crippen LogP contribution in [0.2, 0.25) is 0 Å². The fraction of sp³-hybridized carbons (Fsp3) is 1.00. The lowest BCUT2D eigenvalue weighted by Crippen LogP contribution is -2.64. The summed E-state index contributed by atoms with van der Waals surface area (Å²) in [6.45, 7) is -0.678. The van der Waals surface area contributed by atoms with E-state index in [0.29, 0.717) is 12.8 Å². The zero-order chi connectivity index (χ0) is 9.35. The van der Waals surface area contributed by atoms with E-state index in [1.807, 2.05) is 0 Å². The number of hydrogen-bond acceptors (Lipinski definition) is 5. The van der Waals surface area contributed by atoms with Gasteiger partial charge in [-0.25, -0.2) is 0 Å². The molecule has 80 valence electrons. The van der Waals surface area contributed by atoms with Crippen LogP contribution in [0.5, 0.6) is 0 Å². The van der Waals surface area contributed by atoms with E-state index in [-0.39, 0.29) is 12.4 Å². The number of nitrogens with two attached hydrogens (primary N) is 1. The second-order valence-corrected chi connectivity index (χ2v) is 3.35. The van der Waals surface area contributed by atoms with Crippen LogP contribution in [0.3, 0.4) is 0 Å². The Kier molecular flexibility index (Phi) is 4.58. The van der Waals surface area contributed by atoms with Crippen LogP contribution < -0.4 is 5.73 Å². The van der Waals surface area contributed by atoms with Crippen LogP contribution in [-0.4, -0.2) is 50.9 Å². The standard InChI is InChI=1S/C7H15NO4.ClH/c8-4-1-2-5(10)7(12,3-9)6(4)11;/h4-6,9-12H,1-3,8H2;1H/t4-,5+,6+,7-;/m0./s1. The molecule has 0 aliphatic heterocycles. The number of halogens is 1. The summed E-state index contributed by atoms with van der Waals surface area (Å²) < 4.78 is 0. The number of aliphatic hydroxyl groups excluding tert-OH is 3. The van der Waals surface area contributed by atoms with Crippen LogP contribution >= 0.6 is 12.4 Å². The first-order chi connectivity index (χ1) is 5.52. The van der Waals surface area contributed by atoms with E-state index in [4.69, 9.17) is 10.8 Å². The van der Waals surface area contributed by atoms with E-state index in [2.05, 4.69) is 0 Å². The maximum absolute atomic E-state index is 9.56. The Labute approximate surface area is 82.6 Å². The third-order valence-electron chi connectivity index (χ3n) is 2.52. The summed E-state index contributed by atoms with van der Waals surface area (Å²) in [5.41, 5.74) is 3.61. The largest absolute Gasteiger partial charge is 0.393 e. The average molecular weight is 214 g/mol. The van der Waals surface area contributed by atoms with Gasteiger partial charge in [-0.3, -0.25) is 0 Å². The molecule has 0 aromatic carbocycles. The van der Waals surface area contributed by atoms with Gasteiger partial charge in [0.15, 0.2) is 0 Å². The Bertz CT molecular complexity index is 171. The Morgan fingerprint density at radius 2 is 1.85 bits per heavy atom. The van der Waals surface area contributed by atoms with Gasteiger partial charge in [0, 0.05) is 6.04 Å².